The van der Waals surface area contributed by atoms with Crippen LogP contribution in [0.1, 0.15) is 34.3 Å². The fourth-order valence-electron chi connectivity index (χ4n) is 3.70. The number of aryl methyl sites for hydroxylation is 2. The minimum atomic E-state index is -0.320. The van der Waals surface area contributed by atoms with Crippen molar-refractivity contribution in [1.82, 2.24) is 9.97 Å². The van der Waals surface area contributed by atoms with E-state index in [9.17, 15) is 9.59 Å². The van der Waals surface area contributed by atoms with Gasteiger partial charge in [-0.05, 0) is 49.9 Å². The second kappa shape index (κ2) is 9.26. The average molecular weight is 470 g/mol. The summed E-state index contributed by atoms with van der Waals surface area (Å²) in [7, 11) is 0. The van der Waals surface area contributed by atoms with E-state index in [-0.39, 0.29) is 17.7 Å². The van der Waals surface area contributed by atoms with Crippen molar-refractivity contribution in [1.29, 1.82) is 0 Å². The lowest BCUT2D eigenvalue weighted by atomic mass is 9.96. The third kappa shape index (κ3) is 4.76. The predicted octanol–water partition coefficient (Wildman–Crippen LogP) is 4.43. The molecule has 1 aromatic carbocycles. The molecule has 1 fully saturated rings. The molecular weight excluding hydrogens is 446 g/mol. The highest BCUT2D eigenvalue weighted by Crippen LogP contribution is 2.30. The molecule has 3 aromatic rings. The number of aromatic nitrogens is 2. The molecule has 2 amide bonds. The van der Waals surface area contributed by atoms with Crippen LogP contribution in [0.2, 0.25) is 5.02 Å². The largest absolute Gasteiger partial charge is 0.369 e. The molecule has 0 radical (unpaired) electrons. The van der Waals surface area contributed by atoms with E-state index in [4.69, 9.17) is 17.3 Å². The second-order valence-electron chi connectivity index (χ2n) is 7.98. The average Bonchev–Trinajstić information content (AvgIpc) is 3.24. The molecule has 1 aliphatic heterocycles. The van der Waals surface area contributed by atoms with Gasteiger partial charge in [0.2, 0.25) is 5.91 Å². The van der Waals surface area contributed by atoms with E-state index >= 15 is 0 Å². The van der Waals surface area contributed by atoms with Gasteiger partial charge >= 0.3 is 0 Å². The van der Waals surface area contributed by atoms with Gasteiger partial charge in [0.25, 0.3) is 5.91 Å². The number of nitrogens with one attached hydrogen (secondary N) is 1. The van der Waals surface area contributed by atoms with E-state index in [1.807, 2.05) is 16.3 Å². The summed E-state index contributed by atoms with van der Waals surface area (Å²) in [5.41, 5.74) is 10.0. The van der Waals surface area contributed by atoms with Gasteiger partial charge in [0, 0.05) is 36.1 Å². The minimum Gasteiger partial charge on any atom is -0.369 e. The molecule has 3 N–H and O–H groups in total. The van der Waals surface area contributed by atoms with Gasteiger partial charge in [-0.2, -0.15) is 0 Å². The quantitative estimate of drug-likeness (QED) is 0.575. The molecule has 32 heavy (non-hydrogen) atoms. The van der Waals surface area contributed by atoms with Gasteiger partial charge in [0.15, 0.2) is 5.13 Å². The Balaban J connectivity index is 1.43. The zero-order chi connectivity index (χ0) is 22.8. The lowest BCUT2D eigenvalue weighted by Crippen LogP contribution is -2.39. The topological polar surface area (TPSA) is 101 Å². The van der Waals surface area contributed by atoms with Crippen LogP contribution in [0.25, 0.3) is 11.3 Å². The van der Waals surface area contributed by atoms with Crippen LogP contribution < -0.4 is 16.0 Å². The summed E-state index contributed by atoms with van der Waals surface area (Å²) < 4.78 is 0. The maximum Gasteiger partial charge on any atom is 0.259 e. The van der Waals surface area contributed by atoms with Crippen LogP contribution in [0.15, 0.2) is 35.8 Å². The first-order valence-corrected chi connectivity index (χ1v) is 11.6. The fraction of sp³-hybridized carbons (Fsp3) is 0.304. The van der Waals surface area contributed by atoms with Crippen molar-refractivity contribution >= 4 is 45.7 Å². The van der Waals surface area contributed by atoms with E-state index in [1.54, 1.807) is 6.07 Å². The van der Waals surface area contributed by atoms with E-state index < -0.39 is 0 Å². The van der Waals surface area contributed by atoms with Gasteiger partial charge in [0.1, 0.15) is 5.82 Å². The first-order chi connectivity index (χ1) is 15.3. The van der Waals surface area contributed by atoms with E-state index in [0.29, 0.717) is 47.5 Å². The fourth-order valence-corrected chi connectivity index (χ4v) is 4.70. The minimum absolute atomic E-state index is 0.109. The number of amides is 2. The maximum atomic E-state index is 12.7. The highest BCUT2D eigenvalue weighted by atomic mass is 35.5. The number of primary amides is 1. The Morgan fingerprint density at radius 2 is 1.94 bits per heavy atom. The smallest absolute Gasteiger partial charge is 0.259 e. The van der Waals surface area contributed by atoms with Crippen LogP contribution in [-0.4, -0.2) is 34.9 Å². The molecule has 9 heteroatoms. The number of thiazole rings is 1. The third-order valence-corrected chi connectivity index (χ3v) is 6.84. The van der Waals surface area contributed by atoms with Crippen molar-refractivity contribution in [2.75, 3.05) is 23.3 Å². The van der Waals surface area contributed by atoms with Crippen LogP contribution in [0.5, 0.6) is 0 Å². The van der Waals surface area contributed by atoms with Crippen LogP contribution in [0.4, 0.5) is 10.9 Å². The van der Waals surface area contributed by atoms with Crippen molar-refractivity contribution in [2.24, 2.45) is 11.7 Å². The molecule has 0 atom stereocenters. The van der Waals surface area contributed by atoms with Crippen LogP contribution in [-0.2, 0) is 4.79 Å². The molecule has 0 bridgehead atoms. The molecule has 1 saturated heterocycles. The Hall–Kier alpha value is -2.97. The van der Waals surface area contributed by atoms with Crippen LogP contribution in [0, 0.1) is 19.8 Å². The van der Waals surface area contributed by atoms with Gasteiger partial charge < -0.3 is 10.6 Å². The van der Waals surface area contributed by atoms with Gasteiger partial charge in [-0.25, -0.2) is 9.97 Å². The van der Waals surface area contributed by atoms with Crippen LogP contribution in [0.3, 0.4) is 0 Å². The first-order valence-electron chi connectivity index (χ1n) is 10.4. The number of benzene rings is 1. The zero-order valence-corrected chi connectivity index (χ0v) is 19.5. The summed E-state index contributed by atoms with van der Waals surface area (Å²) >= 11 is 7.80. The molecule has 0 aliphatic carbocycles. The lowest BCUT2D eigenvalue weighted by Gasteiger charge is -2.31. The van der Waals surface area contributed by atoms with Crippen molar-refractivity contribution in [3.05, 3.63) is 57.6 Å². The first kappa shape index (κ1) is 22.2. The maximum absolute atomic E-state index is 12.7. The summed E-state index contributed by atoms with van der Waals surface area (Å²) in [6, 6.07) is 7.79. The molecule has 4 rings (SSSR count). The van der Waals surface area contributed by atoms with Gasteiger partial charge in [-0.1, -0.05) is 23.7 Å². The summed E-state index contributed by atoms with van der Waals surface area (Å²) in [6.07, 6.45) is 2.85. The standard InChI is InChI=1S/C23H24ClN5O2S/c1-13-3-4-16(9-14(13)2)19-12-32-23(27-19)28-22(31)17-10-18(24)21(26-11-17)29-7-5-15(6-8-29)20(25)30/h3-4,9-12,15H,5-8H2,1-2H3,(H2,25,30)(H,27,28,31). The lowest BCUT2D eigenvalue weighted by molar-refractivity contribution is -0.122. The Bertz CT molecular complexity index is 1170. The number of nitrogens with zero attached hydrogens (tertiary/aromatic N) is 3. The number of anilines is 2. The molecule has 0 spiro atoms. The Labute approximate surface area is 195 Å². The molecular formula is C23H24ClN5O2S. The number of hydrogen-bond acceptors (Lipinski definition) is 6. The van der Waals surface area contributed by atoms with Crippen molar-refractivity contribution in [2.45, 2.75) is 26.7 Å². The number of carbonyl (C=O) groups excluding carboxylic acids is 2. The van der Waals surface area contributed by atoms with Crippen molar-refractivity contribution < 1.29 is 9.59 Å². The molecule has 2 aromatic heterocycles. The molecule has 1 aliphatic rings. The third-order valence-electron chi connectivity index (χ3n) is 5.81. The number of pyridine rings is 1. The van der Waals surface area contributed by atoms with Crippen LogP contribution >= 0.6 is 22.9 Å². The SMILES string of the molecule is Cc1ccc(-c2csc(NC(=O)c3cnc(N4CCC(C(N)=O)CC4)c(Cl)c3)n2)cc1C. The summed E-state index contributed by atoms with van der Waals surface area (Å²) in [4.78, 5) is 35.0. The highest BCUT2D eigenvalue weighted by molar-refractivity contribution is 7.14. The molecule has 0 saturated carbocycles. The zero-order valence-electron chi connectivity index (χ0n) is 17.9. The predicted molar refractivity (Wildman–Crippen MR) is 128 cm³/mol. The molecule has 7 nitrogen and oxygen atoms in total. The Morgan fingerprint density at radius 1 is 1.19 bits per heavy atom. The highest BCUT2D eigenvalue weighted by Gasteiger charge is 2.25. The number of piperidine rings is 1. The molecule has 0 unspecified atom stereocenters. The van der Waals surface area contributed by atoms with E-state index in [1.165, 1.54) is 28.7 Å². The number of hydrogen-bond donors (Lipinski definition) is 2. The number of halogens is 1. The van der Waals surface area contributed by atoms with Crippen molar-refractivity contribution in [3.8, 4) is 11.3 Å². The van der Waals surface area contributed by atoms with E-state index in [0.717, 1.165) is 11.3 Å². The van der Waals surface area contributed by atoms with Gasteiger partial charge in [-0.3, -0.25) is 14.9 Å². The Morgan fingerprint density at radius 3 is 2.59 bits per heavy atom. The normalized spacial score (nSPS) is 14.4. The Kier molecular flexibility index (Phi) is 6.43. The summed E-state index contributed by atoms with van der Waals surface area (Å²) in [6.45, 7) is 5.42. The monoisotopic (exact) mass is 469 g/mol. The van der Waals surface area contributed by atoms with E-state index in [2.05, 4.69) is 41.3 Å². The number of nitrogens with two attached hydrogens (primary N) is 1. The van der Waals surface area contributed by atoms with Crippen molar-refractivity contribution in [3.63, 3.8) is 0 Å². The second-order valence-corrected chi connectivity index (χ2v) is 9.25. The number of carbonyl (C=O) groups is 2. The van der Waals surface area contributed by atoms with Gasteiger partial charge in [0.05, 0.1) is 16.3 Å². The number of rotatable bonds is 5. The molecule has 166 valence electrons. The van der Waals surface area contributed by atoms with Gasteiger partial charge in [-0.15, -0.1) is 11.3 Å². The summed E-state index contributed by atoms with van der Waals surface area (Å²) in [5.74, 6) is -0.0857. The molecule has 3 heterocycles. The summed E-state index contributed by atoms with van der Waals surface area (Å²) in [5, 5.41) is 5.65.